The van der Waals surface area contributed by atoms with Crippen molar-refractivity contribution in [3.63, 3.8) is 0 Å². The van der Waals surface area contributed by atoms with E-state index in [0.29, 0.717) is 12.1 Å². The van der Waals surface area contributed by atoms with Crippen molar-refractivity contribution in [3.8, 4) is 0 Å². The summed E-state index contributed by atoms with van der Waals surface area (Å²) >= 11 is 0. The smallest absolute Gasteiger partial charge is 0.242 e. The maximum Gasteiger partial charge on any atom is 0.242 e. The predicted molar refractivity (Wildman–Crippen MR) is 76.7 cm³/mol. The van der Waals surface area contributed by atoms with Gasteiger partial charge in [0.25, 0.3) is 0 Å². The van der Waals surface area contributed by atoms with Crippen LogP contribution >= 0.6 is 0 Å². The van der Waals surface area contributed by atoms with Crippen LogP contribution in [0.1, 0.15) is 18.0 Å². The molecule has 3 rings (SSSR count). The molecule has 1 aliphatic rings. The predicted octanol–water partition coefficient (Wildman–Crippen LogP) is 1.77. The second-order valence-electron chi connectivity index (χ2n) is 4.91. The number of pyridine rings is 1. The average Bonchev–Trinajstić information content (AvgIpc) is 3.00. The number of hydrazine groups is 1. The SMILES string of the molecule is O=C(Nc1ccc(F)cc1)C1CC(c2cccnc2)NN1. The van der Waals surface area contributed by atoms with Gasteiger partial charge < -0.3 is 5.32 Å². The summed E-state index contributed by atoms with van der Waals surface area (Å²) in [5.74, 6) is -0.481. The Hall–Kier alpha value is -2.31. The maximum atomic E-state index is 12.8. The molecule has 2 heterocycles. The van der Waals surface area contributed by atoms with E-state index in [1.165, 1.54) is 24.3 Å². The van der Waals surface area contributed by atoms with E-state index in [4.69, 9.17) is 0 Å². The van der Waals surface area contributed by atoms with Crippen molar-refractivity contribution in [3.05, 3.63) is 60.2 Å². The van der Waals surface area contributed by atoms with Crippen LogP contribution in [-0.4, -0.2) is 16.9 Å². The van der Waals surface area contributed by atoms with Crippen LogP contribution in [0.25, 0.3) is 0 Å². The topological polar surface area (TPSA) is 66.0 Å². The van der Waals surface area contributed by atoms with Crippen molar-refractivity contribution in [1.29, 1.82) is 0 Å². The number of anilines is 1. The summed E-state index contributed by atoms with van der Waals surface area (Å²) in [6.45, 7) is 0. The number of benzene rings is 1. The number of nitrogens with one attached hydrogen (secondary N) is 3. The highest BCUT2D eigenvalue weighted by molar-refractivity contribution is 5.95. The Balaban J connectivity index is 1.61. The van der Waals surface area contributed by atoms with Crippen LogP contribution in [-0.2, 0) is 4.79 Å². The van der Waals surface area contributed by atoms with Crippen molar-refractivity contribution in [2.45, 2.75) is 18.5 Å². The zero-order valence-corrected chi connectivity index (χ0v) is 11.2. The Labute approximate surface area is 121 Å². The van der Waals surface area contributed by atoms with E-state index in [0.717, 1.165) is 5.56 Å². The summed E-state index contributed by atoms with van der Waals surface area (Å²) in [6, 6.07) is 9.23. The molecular weight excluding hydrogens is 271 g/mol. The molecule has 0 aliphatic carbocycles. The molecule has 2 unspecified atom stereocenters. The van der Waals surface area contributed by atoms with Gasteiger partial charge in [0.1, 0.15) is 11.9 Å². The van der Waals surface area contributed by atoms with Crippen LogP contribution in [0, 0.1) is 5.82 Å². The van der Waals surface area contributed by atoms with Crippen molar-refractivity contribution in [1.82, 2.24) is 15.8 Å². The zero-order valence-electron chi connectivity index (χ0n) is 11.2. The van der Waals surface area contributed by atoms with Gasteiger partial charge in [-0.1, -0.05) is 6.07 Å². The largest absolute Gasteiger partial charge is 0.325 e. The van der Waals surface area contributed by atoms with Crippen molar-refractivity contribution < 1.29 is 9.18 Å². The molecule has 0 bridgehead atoms. The lowest BCUT2D eigenvalue weighted by Gasteiger charge is -2.10. The number of carbonyl (C=O) groups excluding carboxylic acids is 1. The van der Waals surface area contributed by atoms with Gasteiger partial charge in [-0.05, 0) is 42.3 Å². The number of carbonyl (C=O) groups is 1. The molecule has 108 valence electrons. The number of amides is 1. The second-order valence-corrected chi connectivity index (χ2v) is 4.91. The molecule has 2 aromatic rings. The lowest BCUT2D eigenvalue weighted by atomic mass is 10.0. The van der Waals surface area contributed by atoms with E-state index >= 15 is 0 Å². The van der Waals surface area contributed by atoms with E-state index in [9.17, 15) is 9.18 Å². The lowest BCUT2D eigenvalue weighted by molar-refractivity contribution is -0.117. The van der Waals surface area contributed by atoms with Crippen LogP contribution in [0.5, 0.6) is 0 Å². The fourth-order valence-corrected chi connectivity index (χ4v) is 2.29. The number of hydrogen-bond acceptors (Lipinski definition) is 4. The number of nitrogens with zero attached hydrogens (tertiary/aromatic N) is 1. The number of aromatic nitrogens is 1. The fraction of sp³-hybridized carbons (Fsp3) is 0.200. The molecule has 1 fully saturated rings. The first-order valence-corrected chi connectivity index (χ1v) is 6.70. The third-order valence-corrected chi connectivity index (χ3v) is 3.42. The summed E-state index contributed by atoms with van der Waals surface area (Å²) in [4.78, 5) is 16.2. The summed E-state index contributed by atoms with van der Waals surface area (Å²) in [6.07, 6.45) is 4.11. The van der Waals surface area contributed by atoms with Crippen LogP contribution < -0.4 is 16.2 Å². The Kier molecular flexibility index (Phi) is 3.89. The molecule has 0 saturated carbocycles. The molecule has 21 heavy (non-hydrogen) atoms. The molecule has 1 aromatic carbocycles. The minimum atomic E-state index is -0.347. The summed E-state index contributed by atoms with van der Waals surface area (Å²) in [7, 11) is 0. The molecule has 5 nitrogen and oxygen atoms in total. The number of halogens is 1. The van der Waals surface area contributed by atoms with E-state index in [1.54, 1.807) is 12.4 Å². The van der Waals surface area contributed by atoms with Gasteiger partial charge in [-0.3, -0.25) is 9.78 Å². The molecule has 1 saturated heterocycles. The number of rotatable bonds is 3. The Bertz CT molecular complexity index is 617. The normalized spacial score (nSPS) is 21.2. The summed E-state index contributed by atoms with van der Waals surface area (Å²) in [5.41, 5.74) is 7.67. The molecule has 2 atom stereocenters. The summed E-state index contributed by atoms with van der Waals surface area (Å²) < 4.78 is 12.8. The van der Waals surface area contributed by atoms with Gasteiger partial charge in [-0.15, -0.1) is 0 Å². The van der Waals surface area contributed by atoms with Crippen LogP contribution in [0.15, 0.2) is 48.8 Å². The van der Waals surface area contributed by atoms with Gasteiger partial charge >= 0.3 is 0 Å². The molecular formula is C15H15FN4O. The van der Waals surface area contributed by atoms with E-state index in [1.807, 2.05) is 12.1 Å². The van der Waals surface area contributed by atoms with Crippen molar-refractivity contribution >= 4 is 11.6 Å². The molecule has 3 N–H and O–H groups in total. The summed E-state index contributed by atoms with van der Waals surface area (Å²) in [5, 5.41) is 2.76. The van der Waals surface area contributed by atoms with E-state index in [2.05, 4.69) is 21.2 Å². The monoisotopic (exact) mass is 286 g/mol. The minimum absolute atomic E-state index is 0.0441. The Morgan fingerprint density at radius 2 is 2.05 bits per heavy atom. The van der Waals surface area contributed by atoms with Crippen molar-refractivity contribution in [2.24, 2.45) is 0 Å². The van der Waals surface area contributed by atoms with E-state index in [-0.39, 0.29) is 23.8 Å². The molecule has 1 aromatic heterocycles. The Morgan fingerprint density at radius 3 is 2.76 bits per heavy atom. The zero-order chi connectivity index (χ0) is 14.7. The minimum Gasteiger partial charge on any atom is -0.325 e. The molecule has 0 spiro atoms. The third-order valence-electron chi connectivity index (χ3n) is 3.42. The van der Waals surface area contributed by atoms with Crippen LogP contribution in [0.2, 0.25) is 0 Å². The van der Waals surface area contributed by atoms with Gasteiger partial charge in [0.2, 0.25) is 5.91 Å². The van der Waals surface area contributed by atoms with Crippen LogP contribution in [0.4, 0.5) is 10.1 Å². The Morgan fingerprint density at radius 1 is 1.24 bits per heavy atom. The highest BCUT2D eigenvalue weighted by atomic mass is 19.1. The highest BCUT2D eigenvalue weighted by Crippen LogP contribution is 2.22. The molecule has 1 aliphatic heterocycles. The fourth-order valence-electron chi connectivity index (χ4n) is 2.29. The first-order chi connectivity index (χ1) is 10.2. The van der Waals surface area contributed by atoms with Crippen molar-refractivity contribution in [2.75, 3.05) is 5.32 Å². The van der Waals surface area contributed by atoms with E-state index < -0.39 is 0 Å². The molecule has 0 radical (unpaired) electrons. The second kappa shape index (κ2) is 5.99. The standard InChI is InChI=1S/C15H15FN4O/c16-11-3-5-12(6-4-11)18-15(21)14-8-13(19-20-14)10-2-1-7-17-9-10/h1-7,9,13-14,19-20H,8H2,(H,18,21). The average molecular weight is 286 g/mol. The van der Waals surface area contributed by atoms with Gasteiger partial charge in [0.05, 0.1) is 0 Å². The molecule has 1 amide bonds. The van der Waals surface area contributed by atoms with Gasteiger partial charge in [0, 0.05) is 24.1 Å². The maximum absolute atomic E-state index is 12.8. The molecule has 6 heteroatoms. The lowest BCUT2D eigenvalue weighted by Crippen LogP contribution is -2.39. The quantitative estimate of drug-likeness (QED) is 0.804. The first kappa shape index (κ1) is 13.7. The number of hydrogen-bond donors (Lipinski definition) is 3. The van der Waals surface area contributed by atoms with Gasteiger partial charge in [-0.2, -0.15) is 0 Å². The highest BCUT2D eigenvalue weighted by Gasteiger charge is 2.30. The van der Waals surface area contributed by atoms with Crippen LogP contribution in [0.3, 0.4) is 0 Å². The van der Waals surface area contributed by atoms with Gasteiger partial charge in [0.15, 0.2) is 0 Å². The van der Waals surface area contributed by atoms with Gasteiger partial charge in [-0.25, -0.2) is 15.2 Å². The first-order valence-electron chi connectivity index (χ1n) is 6.70. The third kappa shape index (κ3) is 3.24.